The maximum Gasteiger partial charge on any atom is 0.0235 e. The van der Waals surface area contributed by atoms with Gasteiger partial charge in [-0.3, -0.25) is 4.90 Å². The molecule has 0 aromatic rings. The number of piperidine rings is 1. The van der Waals surface area contributed by atoms with E-state index in [9.17, 15) is 0 Å². The highest BCUT2D eigenvalue weighted by molar-refractivity contribution is 4.88. The van der Waals surface area contributed by atoms with Crippen LogP contribution in [0.2, 0.25) is 0 Å². The lowest BCUT2D eigenvalue weighted by atomic mass is 9.94. The Morgan fingerprint density at radius 1 is 0.857 bits per heavy atom. The lowest BCUT2D eigenvalue weighted by molar-refractivity contribution is 0.154. The van der Waals surface area contributed by atoms with Gasteiger partial charge in [0.25, 0.3) is 0 Å². The molecule has 3 aliphatic rings. The van der Waals surface area contributed by atoms with Gasteiger partial charge in [0.05, 0.1) is 0 Å². The molecule has 1 aliphatic carbocycles. The van der Waals surface area contributed by atoms with Crippen molar-refractivity contribution >= 4 is 0 Å². The molecule has 21 heavy (non-hydrogen) atoms. The summed E-state index contributed by atoms with van der Waals surface area (Å²) in [6.07, 6.45) is 12.9. The molecule has 3 fully saturated rings. The fourth-order valence-corrected chi connectivity index (χ4v) is 4.87. The Morgan fingerprint density at radius 2 is 1.62 bits per heavy atom. The van der Waals surface area contributed by atoms with Crippen LogP contribution in [-0.4, -0.2) is 61.7 Å². The van der Waals surface area contributed by atoms with Crippen molar-refractivity contribution in [1.82, 2.24) is 15.1 Å². The van der Waals surface area contributed by atoms with E-state index >= 15 is 0 Å². The van der Waals surface area contributed by atoms with Crippen LogP contribution in [0.1, 0.15) is 57.8 Å². The van der Waals surface area contributed by atoms with Crippen LogP contribution in [0.5, 0.6) is 0 Å². The molecule has 1 N–H and O–H groups in total. The number of hydrogen-bond acceptors (Lipinski definition) is 3. The van der Waals surface area contributed by atoms with Crippen molar-refractivity contribution in [1.29, 1.82) is 0 Å². The molecule has 3 heteroatoms. The minimum Gasteiger partial charge on any atom is -0.317 e. The van der Waals surface area contributed by atoms with E-state index in [1.807, 2.05) is 0 Å². The van der Waals surface area contributed by atoms with Crippen molar-refractivity contribution in [2.75, 3.05) is 39.8 Å². The smallest absolute Gasteiger partial charge is 0.0235 e. The first kappa shape index (κ1) is 15.8. The Kier molecular flexibility index (Phi) is 5.96. The zero-order valence-electron chi connectivity index (χ0n) is 14.0. The van der Waals surface area contributed by atoms with Gasteiger partial charge in [-0.1, -0.05) is 25.7 Å². The highest BCUT2D eigenvalue weighted by atomic mass is 15.3. The fourth-order valence-electron chi connectivity index (χ4n) is 4.87. The molecule has 0 aromatic carbocycles. The molecule has 2 aliphatic heterocycles. The van der Waals surface area contributed by atoms with E-state index in [0.717, 1.165) is 18.0 Å². The fraction of sp³-hybridized carbons (Fsp3) is 1.00. The summed E-state index contributed by atoms with van der Waals surface area (Å²) in [7, 11) is 2.17. The molecule has 3 nitrogen and oxygen atoms in total. The minimum atomic E-state index is 0.765. The molecule has 0 aromatic heterocycles. The summed E-state index contributed by atoms with van der Waals surface area (Å²) >= 11 is 0. The zero-order valence-corrected chi connectivity index (χ0v) is 14.0. The van der Waals surface area contributed by atoms with Crippen LogP contribution in [0.25, 0.3) is 0 Å². The molecule has 122 valence electrons. The summed E-state index contributed by atoms with van der Waals surface area (Å²) in [5, 5.41) is 3.61. The maximum atomic E-state index is 3.61. The van der Waals surface area contributed by atoms with Crippen LogP contribution in [0.3, 0.4) is 0 Å². The summed E-state index contributed by atoms with van der Waals surface area (Å²) < 4.78 is 0. The van der Waals surface area contributed by atoms with E-state index < -0.39 is 0 Å². The summed E-state index contributed by atoms with van der Waals surface area (Å²) in [6, 6.07) is 1.63. The summed E-state index contributed by atoms with van der Waals surface area (Å²) in [4.78, 5) is 5.56. The second-order valence-corrected chi connectivity index (χ2v) is 7.59. The van der Waals surface area contributed by atoms with Crippen molar-refractivity contribution in [2.24, 2.45) is 5.92 Å². The number of rotatable bonds is 4. The molecule has 2 saturated heterocycles. The van der Waals surface area contributed by atoms with Crippen LogP contribution >= 0.6 is 0 Å². The Bertz CT molecular complexity index is 301. The zero-order chi connectivity index (χ0) is 14.5. The predicted octanol–water partition coefficient (Wildman–Crippen LogP) is 2.71. The van der Waals surface area contributed by atoms with E-state index in [1.165, 1.54) is 90.5 Å². The van der Waals surface area contributed by atoms with Gasteiger partial charge in [-0.05, 0) is 64.7 Å². The molecule has 0 bridgehead atoms. The maximum absolute atomic E-state index is 3.61. The Morgan fingerprint density at radius 3 is 2.43 bits per heavy atom. The van der Waals surface area contributed by atoms with Gasteiger partial charge >= 0.3 is 0 Å². The highest BCUT2D eigenvalue weighted by Crippen LogP contribution is 2.27. The van der Waals surface area contributed by atoms with E-state index in [-0.39, 0.29) is 0 Å². The number of likely N-dealkylation sites (tertiary alicyclic amines) is 2. The Hall–Kier alpha value is -0.120. The molecule has 3 atom stereocenters. The van der Waals surface area contributed by atoms with Crippen molar-refractivity contribution in [3.05, 3.63) is 0 Å². The molecular formula is C18H35N3. The molecular weight excluding hydrogens is 258 g/mol. The first-order chi connectivity index (χ1) is 10.4. The largest absolute Gasteiger partial charge is 0.317 e. The molecule has 3 unspecified atom stereocenters. The Labute approximate surface area is 131 Å². The van der Waals surface area contributed by atoms with Gasteiger partial charge < -0.3 is 10.2 Å². The minimum absolute atomic E-state index is 0.765. The molecule has 2 heterocycles. The van der Waals surface area contributed by atoms with E-state index in [1.54, 1.807) is 0 Å². The highest BCUT2D eigenvalue weighted by Gasteiger charge is 2.31. The van der Waals surface area contributed by atoms with Gasteiger partial charge in [0.1, 0.15) is 0 Å². The van der Waals surface area contributed by atoms with E-state index in [2.05, 4.69) is 22.2 Å². The molecule has 3 rings (SSSR count). The summed E-state index contributed by atoms with van der Waals surface area (Å²) in [5.74, 6) is 0.887. The standard InChI is InChI=1S/C18H35N3/c1-19-18-9-5-2-4-8-16(18)14-20-13-10-17(15-20)21-11-6-3-7-12-21/h16-19H,2-15H2,1H3. The van der Waals surface area contributed by atoms with Crippen LogP contribution in [0, 0.1) is 5.92 Å². The summed E-state index contributed by atoms with van der Waals surface area (Å²) in [5.41, 5.74) is 0. The lowest BCUT2D eigenvalue weighted by Crippen LogP contribution is -2.43. The van der Waals surface area contributed by atoms with Crippen molar-refractivity contribution in [3.63, 3.8) is 0 Å². The number of hydrogen-bond donors (Lipinski definition) is 1. The van der Waals surface area contributed by atoms with Gasteiger partial charge in [0.2, 0.25) is 0 Å². The topological polar surface area (TPSA) is 18.5 Å². The van der Waals surface area contributed by atoms with Crippen LogP contribution < -0.4 is 5.32 Å². The third kappa shape index (κ3) is 4.20. The van der Waals surface area contributed by atoms with E-state index in [0.29, 0.717) is 0 Å². The molecule has 0 radical (unpaired) electrons. The monoisotopic (exact) mass is 293 g/mol. The van der Waals surface area contributed by atoms with Crippen LogP contribution in [-0.2, 0) is 0 Å². The van der Waals surface area contributed by atoms with Crippen LogP contribution in [0.4, 0.5) is 0 Å². The number of nitrogens with zero attached hydrogens (tertiary/aromatic N) is 2. The third-order valence-electron chi connectivity index (χ3n) is 6.18. The van der Waals surface area contributed by atoms with Gasteiger partial charge in [-0.2, -0.15) is 0 Å². The predicted molar refractivity (Wildman–Crippen MR) is 89.7 cm³/mol. The van der Waals surface area contributed by atoms with Crippen molar-refractivity contribution in [3.8, 4) is 0 Å². The van der Waals surface area contributed by atoms with Gasteiger partial charge in [0.15, 0.2) is 0 Å². The van der Waals surface area contributed by atoms with E-state index in [4.69, 9.17) is 0 Å². The third-order valence-corrected chi connectivity index (χ3v) is 6.18. The van der Waals surface area contributed by atoms with Gasteiger partial charge in [-0.15, -0.1) is 0 Å². The quantitative estimate of drug-likeness (QED) is 0.804. The average molecular weight is 293 g/mol. The van der Waals surface area contributed by atoms with Gasteiger partial charge in [0, 0.05) is 25.2 Å². The number of nitrogens with one attached hydrogen (secondary N) is 1. The van der Waals surface area contributed by atoms with Crippen LogP contribution in [0.15, 0.2) is 0 Å². The first-order valence-corrected chi connectivity index (χ1v) is 9.50. The Balaban J connectivity index is 1.48. The molecule has 1 saturated carbocycles. The first-order valence-electron chi connectivity index (χ1n) is 9.50. The lowest BCUT2D eigenvalue weighted by Gasteiger charge is -2.33. The van der Waals surface area contributed by atoms with Crippen molar-refractivity contribution in [2.45, 2.75) is 69.9 Å². The van der Waals surface area contributed by atoms with Crippen molar-refractivity contribution < 1.29 is 0 Å². The SMILES string of the molecule is CNC1CCCCCC1CN1CCC(N2CCCCC2)C1. The molecule has 0 amide bonds. The molecule has 0 spiro atoms. The second kappa shape index (κ2) is 7.94. The average Bonchev–Trinajstić information content (AvgIpc) is 2.88. The second-order valence-electron chi connectivity index (χ2n) is 7.59. The normalized spacial score (nSPS) is 36.7. The summed E-state index contributed by atoms with van der Waals surface area (Å²) in [6.45, 7) is 6.75. The van der Waals surface area contributed by atoms with Gasteiger partial charge in [-0.25, -0.2) is 0 Å².